The van der Waals surface area contributed by atoms with E-state index in [1.807, 2.05) is 36.9 Å². The maximum absolute atomic E-state index is 12.3. The Labute approximate surface area is 124 Å². The van der Waals surface area contributed by atoms with Crippen molar-refractivity contribution in [1.29, 1.82) is 0 Å². The monoisotopic (exact) mass is 293 g/mol. The van der Waals surface area contributed by atoms with Crippen LogP contribution in [0, 0.1) is 6.92 Å². The van der Waals surface area contributed by atoms with Crippen LogP contribution in [0.15, 0.2) is 18.2 Å². The van der Waals surface area contributed by atoms with Gasteiger partial charge in [-0.25, -0.2) is 0 Å². The molecule has 1 aliphatic rings. The first-order chi connectivity index (χ1) is 9.63. The molecule has 0 bridgehead atoms. The zero-order valence-electron chi connectivity index (χ0n) is 12.1. The molecule has 1 amide bonds. The number of nitrogens with two attached hydrogens (primary N) is 1. The Kier molecular flexibility index (Phi) is 5.31. The van der Waals surface area contributed by atoms with Crippen LogP contribution in [0.5, 0.6) is 0 Å². The lowest BCUT2D eigenvalue weighted by atomic mass is 10.1. The minimum absolute atomic E-state index is 0.0369. The van der Waals surface area contributed by atoms with Crippen molar-refractivity contribution in [3.05, 3.63) is 29.3 Å². The van der Waals surface area contributed by atoms with Gasteiger partial charge in [-0.2, -0.15) is 11.8 Å². The first-order valence-corrected chi connectivity index (χ1v) is 8.18. The topological polar surface area (TPSA) is 67.2 Å². The lowest BCUT2D eigenvalue weighted by Crippen LogP contribution is -2.33. The number of rotatable bonds is 5. The molecule has 0 radical (unpaired) electrons. The van der Waals surface area contributed by atoms with Gasteiger partial charge in [0.2, 0.25) is 0 Å². The average Bonchev–Trinajstić information content (AvgIpc) is 2.86. The molecule has 5 heteroatoms. The molecule has 2 unspecified atom stereocenters. The molecule has 0 aromatic heterocycles. The normalized spacial score (nSPS) is 21.8. The maximum atomic E-state index is 12.3. The van der Waals surface area contributed by atoms with Gasteiger partial charge in [-0.15, -0.1) is 0 Å². The number of anilines is 1. The van der Waals surface area contributed by atoms with Crippen molar-refractivity contribution in [2.75, 3.05) is 11.2 Å². The summed E-state index contributed by atoms with van der Waals surface area (Å²) in [5, 5.41) is 3.82. The van der Waals surface area contributed by atoms with E-state index in [1.54, 1.807) is 0 Å². The number of amides is 1. The fourth-order valence-corrected chi connectivity index (χ4v) is 3.84. The van der Waals surface area contributed by atoms with Crippen LogP contribution < -0.4 is 16.6 Å². The van der Waals surface area contributed by atoms with Crippen LogP contribution in [0.4, 0.5) is 5.69 Å². The largest absolute Gasteiger partial charge is 0.349 e. The molecule has 20 heavy (non-hydrogen) atoms. The molecule has 0 spiro atoms. The minimum Gasteiger partial charge on any atom is -0.349 e. The van der Waals surface area contributed by atoms with Crippen LogP contribution in [-0.4, -0.2) is 23.0 Å². The number of carbonyl (C=O) groups is 1. The van der Waals surface area contributed by atoms with Crippen molar-refractivity contribution in [3.8, 4) is 0 Å². The number of hydrogen-bond acceptors (Lipinski definition) is 4. The van der Waals surface area contributed by atoms with Gasteiger partial charge in [0.05, 0.1) is 11.3 Å². The number of hydrogen-bond donors (Lipinski definition) is 3. The molecule has 1 saturated carbocycles. The average molecular weight is 293 g/mol. The van der Waals surface area contributed by atoms with Gasteiger partial charge >= 0.3 is 0 Å². The summed E-state index contributed by atoms with van der Waals surface area (Å²) in [7, 11) is 0. The van der Waals surface area contributed by atoms with Gasteiger partial charge in [0, 0.05) is 11.3 Å². The van der Waals surface area contributed by atoms with Crippen molar-refractivity contribution in [2.24, 2.45) is 5.84 Å². The van der Waals surface area contributed by atoms with Gasteiger partial charge < -0.3 is 10.7 Å². The molecule has 1 fully saturated rings. The molecule has 2 atom stereocenters. The van der Waals surface area contributed by atoms with Crippen LogP contribution in [0.3, 0.4) is 0 Å². The van der Waals surface area contributed by atoms with E-state index in [-0.39, 0.29) is 5.91 Å². The second kappa shape index (κ2) is 6.99. The molecule has 0 heterocycles. The summed E-state index contributed by atoms with van der Waals surface area (Å²) >= 11 is 1.99. The second-order valence-electron chi connectivity index (χ2n) is 5.25. The SMILES string of the molecule is CCSC1CCC(NC(=O)c2ccc(C)cc2NN)C1. The van der Waals surface area contributed by atoms with Gasteiger partial charge in [0.1, 0.15) is 0 Å². The highest BCUT2D eigenvalue weighted by Crippen LogP contribution is 2.30. The molecule has 2 rings (SSSR count). The Balaban J connectivity index is 1.99. The molecule has 1 aromatic rings. The highest BCUT2D eigenvalue weighted by Gasteiger charge is 2.26. The lowest BCUT2D eigenvalue weighted by molar-refractivity contribution is 0.0939. The minimum atomic E-state index is -0.0369. The molecule has 0 saturated heterocycles. The number of nitrogen functional groups attached to an aromatic ring is 1. The fraction of sp³-hybridized carbons (Fsp3) is 0.533. The summed E-state index contributed by atoms with van der Waals surface area (Å²) in [5.41, 5.74) is 4.98. The second-order valence-corrected chi connectivity index (χ2v) is 6.83. The predicted octanol–water partition coefficient (Wildman–Crippen LogP) is 2.68. The van der Waals surface area contributed by atoms with Crippen molar-refractivity contribution >= 4 is 23.4 Å². The molecule has 1 aliphatic carbocycles. The Morgan fingerprint density at radius 3 is 2.95 bits per heavy atom. The zero-order valence-corrected chi connectivity index (χ0v) is 12.9. The van der Waals surface area contributed by atoms with Gasteiger partial charge in [0.25, 0.3) is 5.91 Å². The van der Waals surface area contributed by atoms with Crippen LogP contribution in [-0.2, 0) is 0 Å². The summed E-state index contributed by atoms with van der Waals surface area (Å²) in [4.78, 5) is 12.3. The van der Waals surface area contributed by atoms with Crippen LogP contribution in [0.1, 0.15) is 42.1 Å². The number of thioether (sulfide) groups is 1. The summed E-state index contributed by atoms with van der Waals surface area (Å²) in [5.74, 6) is 6.60. The van der Waals surface area contributed by atoms with Gasteiger partial charge in [-0.3, -0.25) is 10.6 Å². The standard InChI is InChI=1S/C15H23N3OS/c1-3-20-12-6-5-11(9-12)17-15(19)13-7-4-10(2)8-14(13)18-16/h4,7-8,11-12,18H,3,5-6,9,16H2,1-2H3,(H,17,19). The number of nitrogens with one attached hydrogen (secondary N) is 2. The third kappa shape index (κ3) is 3.67. The zero-order chi connectivity index (χ0) is 14.5. The highest BCUT2D eigenvalue weighted by molar-refractivity contribution is 7.99. The molecule has 110 valence electrons. The Morgan fingerprint density at radius 2 is 2.25 bits per heavy atom. The lowest BCUT2D eigenvalue weighted by Gasteiger charge is -2.15. The number of aryl methyl sites for hydroxylation is 1. The van der Waals surface area contributed by atoms with E-state index in [9.17, 15) is 4.79 Å². The van der Waals surface area contributed by atoms with E-state index < -0.39 is 0 Å². The Bertz CT molecular complexity index is 478. The van der Waals surface area contributed by atoms with E-state index in [4.69, 9.17) is 5.84 Å². The Morgan fingerprint density at radius 1 is 1.45 bits per heavy atom. The van der Waals surface area contributed by atoms with Crippen LogP contribution in [0.25, 0.3) is 0 Å². The number of benzene rings is 1. The number of hydrazine groups is 1. The molecular weight excluding hydrogens is 270 g/mol. The van der Waals surface area contributed by atoms with E-state index in [0.717, 1.165) is 24.2 Å². The van der Waals surface area contributed by atoms with E-state index >= 15 is 0 Å². The molecule has 0 aliphatic heterocycles. The summed E-state index contributed by atoms with van der Waals surface area (Å²) in [6.45, 7) is 4.16. The van der Waals surface area contributed by atoms with Crippen molar-refractivity contribution in [1.82, 2.24) is 5.32 Å². The van der Waals surface area contributed by atoms with Gasteiger partial charge in [-0.1, -0.05) is 13.0 Å². The maximum Gasteiger partial charge on any atom is 0.253 e. The fourth-order valence-electron chi connectivity index (χ4n) is 2.70. The molecule has 1 aromatic carbocycles. The first kappa shape index (κ1) is 15.2. The van der Waals surface area contributed by atoms with Crippen molar-refractivity contribution in [2.45, 2.75) is 44.4 Å². The smallest absolute Gasteiger partial charge is 0.253 e. The van der Waals surface area contributed by atoms with Gasteiger partial charge in [-0.05, 0) is 49.6 Å². The van der Waals surface area contributed by atoms with Crippen LogP contribution in [0.2, 0.25) is 0 Å². The Hall–Kier alpha value is -1.20. The highest BCUT2D eigenvalue weighted by atomic mass is 32.2. The summed E-state index contributed by atoms with van der Waals surface area (Å²) < 4.78 is 0. The summed E-state index contributed by atoms with van der Waals surface area (Å²) in [6, 6.07) is 5.94. The van der Waals surface area contributed by atoms with Crippen molar-refractivity contribution in [3.63, 3.8) is 0 Å². The van der Waals surface area contributed by atoms with E-state index in [1.165, 1.54) is 6.42 Å². The predicted molar refractivity (Wildman–Crippen MR) is 86.0 cm³/mol. The summed E-state index contributed by atoms with van der Waals surface area (Å²) in [6.07, 6.45) is 3.33. The molecule has 4 N–H and O–H groups in total. The quantitative estimate of drug-likeness (QED) is 0.577. The van der Waals surface area contributed by atoms with Crippen LogP contribution >= 0.6 is 11.8 Å². The third-order valence-electron chi connectivity index (χ3n) is 3.70. The van der Waals surface area contributed by atoms with E-state index in [0.29, 0.717) is 22.5 Å². The number of carbonyl (C=O) groups excluding carboxylic acids is 1. The van der Waals surface area contributed by atoms with E-state index in [2.05, 4.69) is 17.7 Å². The molecule has 4 nitrogen and oxygen atoms in total. The first-order valence-electron chi connectivity index (χ1n) is 7.13. The van der Waals surface area contributed by atoms with Crippen molar-refractivity contribution < 1.29 is 4.79 Å². The van der Waals surface area contributed by atoms with Gasteiger partial charge in [0.15, 0.2) is 0 Å². The third-order valence-corrected chi connectivity index (χ3v) is 4.93. The molecular formula is C15H23N3OS.